The molecule has 1 aliphatic heterocycles. The van der Waals surface area contributed by atoms with Gasteiger partial charge in [0.1, 0.15) is 10.5 Å². The van der Waals surface area contributed by atoms with Gasteiger partial charge in [0, 0.05) is 28.3 Å². The first-order valence-electron chi connectivity index (χ1n) is 6.50. The molecule has 0 radical (unpaired) electrons. The van der Waals surface area contributed by atoms with Gasteiger partial charge in [-0.3, -0.25) is 0 Å². The third kappa shape index (κ3) is 1.96. The maximum absolute atomic E-state index is 5.42. The van der Waals surface area contributed by atoms with Gasteiger partial charge < -0.3 is 4.98 Å². The van der Waals surface area contributed by atoms with Gasteiger partial charge in [-0.2, -0.15) is 11.8 Å². The van der Waals surface area contributed by atoms with Crippen LogP contribution in [0, 0.1) is 4.64 Å². The SMILES string of the molecule is S=c1nc(-c2ccc3ccccc3c2)[nH]c2c1CSC2. The van der Waals surface area contributed by atoms with Crippen LogP contribution in [0.4, 0.5) is 0 Å². The second kappa shape index (κ2) is 4.72. The minimum absolute atomic E-state index is 0.743. The summed E-state index contributed by atoms with van der Waals surface area (Å²) in [4.78, 5) is 8.02. The molecule has 2 heterocycles. The van der Waals surface area contributed by atoms with E-state index in [2.05, 4.69) is 52.4 Å². The lowest BCUT2D eigenvalue weighted by Crippen LogP contribution is -1.97. The van der Waals surface area contributed by atoms with Crippen molar-refractivity contribution in [3.05, 3.63) is 58.4 Å². The van der Waals surface area contributed by atoms with Crippen LogP contribution in [-0.2, 0) is 11.5 Å². The van der Waals surface area contributed by atoms with E-state index >= 15 is 0 Å². The van der Waals surface area contributed by atoms with Gasteiger partial charge in [0.2, 0.25) is 0 Å². The lowest BCUT2D eigenvalue weighted by molar-refractivity contribution is 1.06. The maximum Gasteiger partial charge on any atom is 0.139 e. The van der Waals surface area contributed by atoms with E-state index in [4.69, 9.17) is 12.2 Å². The lowest BCUT2D eigenvalue weighted by atomic mass is 10.1. The van der Waals surface area contributed by atoms with Crippen LogP contribution in [0.5, 0.6) is 0 Å². The Morgan fingerprint density at radius 1 is 1.05 bits per heavy atom. The molecule has 0 saturated carbocycles. The van der Waals surface area contributed by atoms with Crippen molar-refractivity contribution >= 4 is 34.8 Å². The zero-order valence-electron chi connectivity index (χ0n) is 10.7. The van der Waals surface area contributed by atoms with Gasteiger partial charge in [-0.25, -0.2) is 4.98 Å². The molecule has 2 aromatic carbocycles. The molecule has 20 heavy (non-hydrogen) atoms. The van der Waals surface area contributed by atoms with Crippen LogP contribution in [0.2, 0.25) is 0 Å². The number of hydrogen-bond acceptors (Lipinski definition) is 3. The Labute approximate surface area is 126 Å². The summed E-state index contributed by atoms with van der Waals surface area (Å²) in [5.41, 5.74) is 3.53. The van der Waals surface area contributed by atoms with Crippen molar-refractivity contribution in [1.29, 1.82) is 0 Å². The van der Waals surface area contributed by atoms with E-state index in [0.717, 1.165) is 27.5 Å². The number of aromatic nitrogens is 2. The summed E-state index contributed by atoms with van der Waals surface area (Å²) in [6, 6.07) is 14.7. The Morgan fingerprint density at radius 2 is 1.90 bits per heavy atom. The molecule has 0 spiro atoms. The molecule has 1 N–H and O–H groups in total. The molecular formula is C16H12N2S2. The minimum atomic E-state index is 0.743. The Kier molecular flexibility index (Phi) is 2.86. The fraction of sp³-hybridized carbons (Fsp3) is 0.125. The summed E-state index contributed by atoms with van der Waals surface area (Å²) >= 11 is 7.30. The van der Waals surface area contributed by atoms with Crippen LogP contribution >= 0.6 is 24.0 Å². The first-order chi connectivity index (χ1) is 9.81. The number of benzene rings is 2. The van der Waals surface area contributed by atoms with E-state index in [0.29, 0.717) is 0 Å². The van der Waals surface area contributed by atoms with E-state index in [1.807, 2.05) is 11.8 Å². The van der Waals surface area contributed by atoms with Gasteiger partial charge in [0.25, 0.3) is 0 Å². The number of aromatic amines is 1. The highest BCUT2D eigenvalue weighted by Crippen LogP contribution is 2.31. The zero-order chi connectivity index (χ0) is 13.5. The molecule has 0 saturated heterocycles. The van der Waals surface area contributed by atoms with E-state index in [1.54, 1.807) is 0 Å². The molecule has 1 aliphatic rings. The summed E-state index contributed by atoms with van der Waals surface area (Å²) < 4.78 is 0.743. The third-order valence-electron chi connectivity index (χ3n) is 3.62. The highest BCUT2D eigenvalue weighted by molar-refractivity contribution is 7.98. The number of H-pyrrole nitrogens is 1. The summed E-state index contributed by atoms with van der Waals surface area (Å²) in [6.45, 7) is 0. The first kappa shape index (κ1) is 12.1. The Morgan fingerprint density at radius 3 is 2.80 bits per heavy atom. The smallest absolute Gasteiger partial charge is 0.139 e. The van der Waals surface area contributed by atoms with Crippen molar-refractivity contribution < 1.29 is 0 Å². The topological polar surface area (TPSA) is 28.7 Å². The molecule has 0 bridgehead atoms. The van der Waals surface area contributed by atoms with E-state index in [9.17, 15) is 0 Å². The predicted molar refractivity (Wildman–Crippen MR) is 87.4 cm³/mol. The van der Waals surface area contributed by atoms with Crippen molar-refractivity contribution in [3.63, 3.8) is 0 Å². The highest BCUT2D eigenvalue weighted by atomic mass is 32.2. The minimum Gasteiger partial charge on any atom is -0.342 e. The Bertz CT molecular complexity index is 868. The van der Waals surface area contributed by atoms with Crippen LogP contribution in [0.1, 0.15) is 11.3 Å². The number of thioether (sulfide) groups is 1. The average molecular weight is 296 g/mol. The van der Waals surface area contributed by atoms with Crippen LogP contribution in [0.15, 0.2) is 42.5 Å². The number of nitrogens with one attached hydrogen (secondary N) is 1. The van der Waals surface area contributed by atoms with Crippen molar-refractivity contribution in [2.45, 2.75) is 11.5 Å². The molecule has 0 amide bonds. The standard InChI is InChI=1S/C16H12N2S2/c19-16-13-8-20-9-14(13)17-15(18-16)12-6-5-10-3-1-2-4-11(10)7-12/h1-7H,8-9H2,(H,17,18,19). The zero-order valence-corrected chi connectivity index (χ0v) is 12.4. The van der Waals surface area contributed by atoms with Gasteiger partial charge in [0.05, 0.1) is 0 Å². The van der Waals surface area contributed by atoms with Crippen LogP contribution < -0.4 is 0 Å². The number of hydrogen-bond donors (Lipinski definition) is 1. The van der Waals surface area contributed by atoms with Gasteiger partial charge in [-0.05, 0) is 16.8 Å². The van der Waals surface area contributed by atoms with Gasteiger partial charge in [-0.15, -0.1) is 0 Å². The fourth-order valence-corrected chi connectivity index (χ4v) is 3.99. The molecule has 3 aromatic rings. The van der Waals surface area contributed by atoms with Crippen LogP contribution in [-0.4, -0.2) is 9.97 Å². The summed E-state index contributed by atoms with van der Waals surface area (Å²) in [5.74, 6) is 2.86. The summed E-state index contributed by atoms with van der Waals surface area (Å²) in [7, 11) is 0. The van der Waals surface area contributed by atoms with Crippen molar-refractivity contribution in [1.82, 2.24) is 9.97 Å². The third-order valence-corrected chi connectivity index (χ3v) is 4.94. The predicted octanol–water partition coefficient (Wildman–Crippen LogP) is 4.71. The second-order valence-electron chi connectivity index (χ2n) is 4.90. The van der Waals surface area contributed by atoms with Crippen molar-refractivity contribution in [2.75, 3.05) is 0 Å². The fourth-order valence-electron chi connectivity index (χ4n) is 2.54. The van der Waals surface area contributed by atoms with Crippen LogP contribution in [0.25, 0.3) is 22.2 Å². The molecule has 1 aromatic heterocycles. The molecule has 4 heteroatoms. The van der Waals surface area contributed by atoms with Crippen molar-refractivity contribution in [2.24, 2.45) is 0 Å². The van der Waals surface area contributed by atoms with E-state index in [-0.39, 0.29) is 0 Å². The first-order valence-corrected chi connectivity index (χ1v) is 8.06. The molecular weight excluding hydrogens is 284 g/mol. The average Bonchev–Trinajstić information content (AvgIpc) is 2.96. The Hall–Kier alpha value is -1.65. The van der Waals surface area contributed by atoms with Crippen molar-refractivity contribution in [3.8, 4) is 11.4 Å². The maximum atomic E-state index is 5.42. The molecule has 2 nitrogen and oxygen atoms in total. The monoisotopic (exact) mass is 296 g/mol. The number of rotatable bonds is 1. The number of fused-ring (bicyclic) bond motifs is 2. The summed E-state index contributed by atoms with van der Waals surface area (Å²) in [5, 5.41) is 2.47. The lowest BCUT2D eigenvalue weighted by Gasteiger charge is -2.06. The van der Waals surface area contributed by atoms with Gasteiger partial charge in [-0.1, -0.05) is 48.6 Å². The van der Waals surface area contributed by atoms with Gasteiger partial charge in [0.15, 0.2) is 0 Å². The molecule has 0 aliphatic carbocycles. The summed E-state index contributed by atoms with van der Waals surface area (Å²) in [6.07, 6.45) is 0. The largest absolute Gasteiger partial charge is 0.342 e. The van der Waals surface area contributed by atoms with E-state index in [1.165, 1.54) is 22.0 Å². The van der Waals surface area contributed by atoms with E-state index < -0.39 is 0 Å². The normalized spacial score (nSPS) is 13.6. The molecule has 0 fully saturated rings. The Balaban J connectivity index is 1.91. The molecule has 0 atom stereocenters. The molecule has 4 rings (SSSR count). The molecule has 0 unspecified atom stereocenters. The second-order valence-corrected chi connectivity index (χ2v) is 6.27. The number of nitrogens with zero attached hydrogens (tertiary/aromatic N) is 1. The highest BCUT2D eigenvalue weighted by Gasteiger charge is 2.15. The van der Waals surface area contributed by atoms with Crippen LogP contribution in [0.3, 0.4) is 0 Å². The quantitative estimate of drug-likeness (QED) is 0.659. The van der Waals surface area contributed by atoms with Gasteiger partial charge >= 0.3 is 0 Å². The molecule has 98 valence electrons.